The molecule has 2 aromatic heterocycles. The molecule has 3 heterocycles. The fourth-order valence-corrected chi connectivity index (χ4v) is 5.10. The number of rotatable bonds is 5. The van der Waals surface area contributed by atoms with Gasteiger partial charge in [0.1, 0.15) is 0 Å². The van der Waals surface area contributed by atoms with E-state index in [9.17, 15) is 9.59 Å². The number of fused-ring (bicyclic) bond motifs is 1. The van der Waals surface area contributed by atoms with Crippen molar-refractivity contribution in [1.29, 1.82) is 0 Å². The molecule has 0 aromatic carbocycles. The van der Waals surface area contributed by atoms with Crippen LogP contribution in [0.1, 0.15) is 61.4 Å². The lowest BCUT2D eigenvalue weighted by Gasteiger charge is -2.26. The third-order valence-corrected chi connectivity index (χ3v) is 6.62. The Labute approximate surface area is 176 Å². The Morgan fingerprint density at radius 2 is 2.13 bits per heavy atom. The number of amides is 2. The SMILES string of the molecule is CCn1ncc(C(=O)N[C@@H]2CC3CN(C(=O)C(C)C)C[C@@]3(c3nc(C)no3)C2)c1C. The zero-order valence-corrected chi connectivity index (χ0v) is 18.3. The Balaban J connectivity index is 1.55. The highest BCUT2D eigenvalue weighted by atomic mass is 16.5. The summed E-state index contributed by atoms with van der Waals surface area (Å²) in [4.78, 5) is 32.0. The lowest BCUT2D eigenvalue weighted by atomic mass is 9.80. The van der Waals surface area contributed by atoms with Gasteiger partial charge in [-0.1, -0.05) is 19.0 Å². The normalized spacial score (nSPS) is 25.7. The van der Waals surface area contributed by atoms with Crippen LogP contribution < -0.4 is 5.32 Å². The van der Waals surface area contributed by atoms with Crippen LogP contribution in [0.2, 0.25) is 0 Å². The number of aromatic nitrogens is 4. The minimum atomic E-state index is -0.410. The standard InChI is InChI=1S/C21H30N6O3/c1-6-27-13(4)17(9-22-27)18(28)24-16-7-15-10-26(19(29)12(2)3)11-21(15,8-16)20-23-14(5)25-30-20/h9,12,15-16H,6-8,10-11H2,1-5H3,(H,24,28)/t15?,16-,21+/m1/s1. The van der Waals surface area contributed by atoms with Crippen LogP contribution in [0.15, 0.2) is 10.7 Å². The molecule has 1 aliphatic carbocycles. The van der Waals surface area contributed by atoms with E-state index in [1.807, 2.05) is 37.3 Å². The molecule has 0 bridgehead atoms. The Morgan fingerprint density at radius 1 is 1.37 bits per heavy atom. The summed E-state index contributed by atoms with van der Waals surface area (Å²) in [6.07, 6.45) is 3.08. The zero-order chi connectivity index (χ0) is 21.6. The molecule has 3 atom stereocenters. The number of carbonyl (C=O) groups is 2. The maximum absolute atomic E-state index is 12.9. The first kappa shape index (κ1) is 20.6. The molecule has 2 aromatic rings. The van der Waals surface area contributed by atoms with Gasteiger partial charge in [0.05, 0.1) is 17.2 Å². The van der Waals surface area contributed by atoms with Gasteiger partial charge in [0.15, 0.2) is 5.82 Å². The van der Waals surface area contributed by atoms with Crippen molar-refractivity contribution in [3.05, 3.63) is 29.2 Å². The molecule has 2 amide bonds. The van der Waals surface area contributed by atoms with Crippen LogP contribution in [0.25, 0.3) is 0 Å². The number of nitrogens with zero attached hydrogens (tertiary/aromatic N) is 5. The molecular formula is C21H30N6O3. The number of hydrogen-bond donors (Lipinski definition) is 1. The first-order valence-corrected chi connectivity index (χ1v) is 10.7. The summed E-state index contributed by atoms with van der Waals surface area (Å²) in [7, 11) is 0. The quantitative estimate of drug-likeness (QED) is 0.800. The third kappa shape index (κ3) is 3.30. The van der Waals surface area contributed by atoms with Gasteiger partial charge in [-0.05, 0) is 39.5 Å². The van der Waals surface area contributed by atoms with E-state index in [1.54, 1.807) is 13.1 Å². The van der Waals surface area contributed by atoms with Crippen molar-refractivity contribution in [2.75, 3.05) is 13.1 Å². The van der Waals surface area contributed by atoms with Crippen molar-refractivity contribution in [3.63, 3.8) is 0 Å². The highest BCUT2D eigenvalue weighted by molar-refractivity contribution is 5.95. The highest BCUT2D eigenvalue weighted by Crippen LogP contribution is 2.50. The number of hydrogen-bond acceptors (Lipinski definition) is 6. The van der Waals surface area contributed by atoms with Crippen LogP contribution in [0.5, 0.6) is 0 Å². The van der Waals surface area contributed by atoms with Gasteiger partial charge in [0.2, 0.25) is 11.8 Å². The van der Waals surface area contributed by atoms with Crippen LogP contribution in [0, 0.1) is 25.7 Å². The molecule has 162 valence electrons. The molecule has 0 spiro atoms. The molecule has 1 saturated carbocycles. The van der Waals surface area contributed by atoms with Gasteiger partial charge in [-0.15, -0.1) is 0 Å². The predicted molar refractivity (Wildman–Crippen MR) is 109 cm³/mol. The summed E-state index contributed by atoms with van der Waals surface area (Å²) < 4.78 is 7.41. The maximum Gasteiger partial charge on any atom is 0.254 e. The molecular weight excluding hydrogens is 384 g/mol. The summed E-state index contributed by atoms with van der Waals surface area (Å²) >= 11 is 0. The predicted octanol–water partition coefficient (Wildman–Crippen LogP) is 1.85. The Kier molecular flexibility index (Phi) is 5.15. The number of carbonyl (C=O) groups excluding carboxylic acids is 2. The Hall–Kier alpha value is -2.71. The first-order valence-electron chi connectivity index (χ1n) is 10.7. The molecule has 30 heavy (non-hydrogen) atoms. The summed E-state index contributed by atoms with van der Waals surface area (Å²) in [5.74, 6) is 1.31. The molecule has 2 fully saturated rings. The summed E-state index contributed by atoms with van der Waals surface area (Å²) in [5.41, 5.74) is 1.06. The average Bonchev–Trinajstić information content (AvgIpc) is 3.43. The molecule has 1 unspecified atom stereocenters. The van der Waals surface area contributed by atoms with E-state index in [0.717, 1.165) is 18.7 Å². The maximum atomic E-state index is 12.9. The summed E-state index contributed by atoms with van der Waals surface area (Å²) in [6, 6.07) is -0.0182. The topological polar surface area (TPSA) is 106 Å². The minimum Gasteiger partial charge on any atom is -0.349 e. The largest absolute Gasteiger partial charge is 0.349 e. The van der Waals surface area contributed by atoms with E-state index in [0.29, 0.717) is 36.8 Å². The van der Waals surface area contributed by atoms with Gasteiger partial charge >= 0.3 is 0 Å². The number of aryl methyl sites for hydroxylation is 2. The molecule has 1 N–H and O–H groups in total. The van der Waals surface area contributed by atoms with Crippen LogP contribution in [0.4, 0.5) is 0 Å². The van der Waals surface area contributed by atoms with E-state index < -0.39 is 5.41 Å². The molecule has 4 rings (SSSR count). The zero-order valence-electron chi connectivity index (χ0n) is 18.3. The average molecular weight is 415 g/mol. The van der Waals surface area contributed by atoms with Crippen molar-refractivity contribution in [3.8, 4) is 0 Å². The van der Waals surface area contributed by atoms with Crippen LogP contribution in [-0.4, -0.2) is 55.8 Å². The Bertz CT molecular complexity index is 964. The molecule has 1 aliphatic heterocycles. The Morgan fingerprint density at radius 3 is 2.73 bits per heavy atom. The molecule has 0 radical (unpaired) electrons. The van der Waals surface area contributed by atoms with E-state index in [1.165, 1.54) is 0 Å². The van der Waals surface area contributed by atoms with Gasteiger partial charge < -0.3 is 14.7 Å². The van der Waals surface area contributed by atoms with Gasteiger partial charge in [0, 0.05) is 37.3 Å². The molecule has 1 saturated heterocycles. The summed E-state index contributed by atoms with van der Waals surface area (Å²) in [5, 5.41) is 11.5. The molecule has 9 heteroatoms. The van der Waals surface area contributed by atoms with Gasteiger partial charge in [-0.25, -0.2) is 0 Å². The van der Waals surface area contributed by atoms with Crippen molar-refractivity contribution in [2.24, 2.45) is 11.8 Å². The van der Waals surface area contributed by atoms with Crippen LogP contribution >= 0.6 is 0 Å². The molecule has 2 aliphatic rings. The lowest BCUT2D eigenvalue weighted by molar-refractivity contribution is -0.133. The van der Waals surface area contributed by atoms with Crippen molar-refractivity contribution >= 4 is 11.8 Å². The first-order chi connectivity index (χ1) is 14.2. The van der Waals surface area contributed by atoms with E-state index in [4.69, 9.17) is 4.52 Å². The van der Waals surface area contributed by atoms with E-state index in [2.05, 4.69) is 20.6 Å². The second-order valence-electron chi connectivity index (χ2n) is 8.94. The number of nitrogens with one attached hydrogen (secondary N) is 1. The van der Waals surface area contributed by atoms with Gasteiger partial charge in [-0.2, -0.15) is 10.1 Å². The van der Waals surface area contributed by atoms with Gasteiger partial charge in [0.25, 0.3) is 5.91 Å². The third-order valence-electron chi connectivity index (χ3n) is 6.62. The van der Waals surface area contributed by atoms with E-state index in [-0.39, 0.29) is 29.7 Å². The molecule has 9 nitrogen and oxygen atoms in total. The summed E-state index contributed by atoms with van der Waals surface area (Å²) in [6.45, 7) is 11.5. The van der Waals surface area contributed by atoms with Crippen molar-refractivity contribution in [1.82, 2.24) is 30.1 Å². The van der Waals surface area contributed by atoms with Crippen LogP contribution in [-0.2, 0) is 16.8 Å². The van der Waals surface area contributed by atoms with E-state index >= 15 is 0 Å². The number of likely N-dealkylation sites (tertiary alicyclic amines) is 1. The fourth-order valence-electron chi connectivity index (χ4n) is 5.10. The minimum absolute atomic E-state index is 0.0182. The van der Waals surface area contributed by atoms with Gasteiger partial charge in [-0.3, -0.25) is 14.3 Å². The second-order valence-corrected chi connectivity index (χ2v) is 8.94. The van der Waals surface area contributed by atoms with Crippen molar-refractivity contribution in [2.45, 2.75) is 65.5 Å². The van der Waals surface area contributed by atoms with Crippen molar-refractivity contribution < 1.29 is 14.1 Å². The monoisotopic (exact) mass is 414 g/mol. The second kappa shape index (κ2) is 7.52. The smallest absolute Gasteiger partial charge is 0.254 e. The lowest BCUT2D eigenvalue weighted by Crippen LogP contribution is -2.40. The highest BCUT2D eigenvalue weighted by Gasteiger charge is 2.58. The van der Waals surface area contributed by atoms with Crippen LogP contribution in [0.3, 0.4) is 0 Å². The fraction of sp³-hybridized carbons (Fsp3) is 0.667.